The Bertz CT molecular complexity index is 560. The molecule has 0 atom stereocenters. The van der Waals surface area contributed by atoms with Gasteiger partial charge in [0.2, 0.25) is 5.91 Å². The quantitative estimate of drug-likeness (QED) is 0.654. The van der Waals surface area contributed by atoms with Crippen LogP contribution in [-0.2, 0) is 4.79 Å². The van der Waals surface area contributed by atoms with E-state index in [2.05, 4.69) is 4.90 Å². The molecule has 112 valence electrons. The summed E-state index contributed by atoms with van der Waals surface area (Å²) >= 11 is 0. The third-order valence-corrected chi connectivity index (χ3v) is 4.21. The van der Waals surface area contributed by atoms with Crippen LogP contribution >= 0.6 is 0 Å². The summed E-state index contributed by atoms with van der Waals surface area (Å²) < 4.78 is 0. The molecule has 2 N–H and O–H groups in total. The third kappa shape index (κ3) is 2.69. The lowest BCUT2D eigenvalue weighted by Gasteiger charge is -2.37. The highest BCUT2D eigenvalue weighted by molar-refractivity contribution is 5.89. The maximum Gasteiger partial charge on any atom is 0.269 e. The van der Waals surface area contributed by atoms with Crippen LogP contribution in [0, 0.1) is 10.1 Å². The second kappa shape index (κ2) is 5.00. The summed E-state index contributed by atoms with van der Waals surface area (Å²) in [5.41, 5.74) is 6.38. The smallest absolute Gasteiger partial charge is 0.269 e. The highest BCUT2D eigenvalue weighted by Gasteiger charge is 2.48. The SMILES string of the molecule is NC1(C(=O)N2CCN(c3ccc([N+](=O)[O-])cc3)CC2)CC1. The zero-order valence-electron chi connectivity index (χ0n) is 11.7. The Morgan fingerprint density at radius 1 is 1.14 bits per heavy atom. The summed E-state index contributed by atoms with van der Waals surface area (Å²) in [4.78, 5) is 26.3. The summed E-state index contributed by atoms with van der Waals surface area (Å²) in [6, 6.07) is 6.51. The number of carbonyl (C=O) groups is 1. The zero-order valence-corrected chi connectivity index (χ0v) is 11.7. The molecule has 0 unspecified atom stereocenters. The lowest BCUT2D eigenvalue weighted by molar-refractivity contribution is -0.384. The van der Waals surface area contributed by atoms with Gasteiger partial charge in [-0.3, -0.25) is 14.9 Å². The standard InChI is InChI=1S/C14H18N4O3/c15-14(5-6-14)13(19)17-9-7-16(8-10-17)11-1-3-12(4-2-11)18(20)21/h1-4H,5-10,15H2. The van der Waals surface area contributed by atoms with Gasteiger partial charge in [-0.15, -0.1) is 0 Å². The number of benzene rings is 1. The molecule has 1 aromatic carbocycles. The van der Waals surface area contributed by atoms with E-state index in [1.165, 1.54) is 12.1 Å². The molecule has 0 spiro atoms. The number of amides is 1. The first-order chi connectivity index (χ1) is 9.99. The van der Waals surface area contributed by atoms with Gasteiger partial charge in [0.15, 0.2) is 0 Å². The first kappa shape index (κ1) is 13.8. The molecule has 7 heteroatoms. The fraction of sp³-hybridized carbons (Fsp3) is 0.500. The van der Waals surface area contributed by atoms with Crippen molar-refractivity contribution in [1.82, 2.24) is 4.90 Å². The summed E-state index contributed by atoms with van der Waals surface area (Å²) in [6.45, 7) is 2.74. The number of nitrogens with two attached hydrogens (primary N) is 1. The molecule has 0 bridgehead atoms. The van der Waals surface area contributed by atoms with Gasteiger partial charge in [0.05, 0.1) is 10.5 Å². The van der Waals surface area contributed by atoms with Crippen molar-refractivity contribution in [1.29, 1.82) is 0 Å². The van der Waals surface area contributed by atoms with Gasteiger partial charge in [-0.05, 0) is 25.0 Å². The molecular weight excluding hydrogens is 272 g/mol. The number of anilines is 1. The van der Waals surface area contributed by atoms with Crippen LogP contribution in [0.5, 0.6) is 0 Å². The minimum atomic E-state index is -0.602. The summed E-state index contributed by atoms with van der Waals surface area (Å²) in [7, 11) is 0. The third-order valence-electron chi connectivity index (χ3n) is 4.21. The van der Waals surface area contributed by atoms with E-state index in [4.69, 9.17) is 5.73 Å². The number of nitro benzene ring substituents is 1. The minimum absolute atomic E-state index is 0.0610. The fourth-order valence-corrected chi connectivity index (χ4v) is 2.62. The number of nitrogens with zero attached hydrogens (tertiary/aromatic N) is 3. The minimum Gasteiger partial charge on any atom is -0.368 e. The van der Waals surface area contributed by atoms with Gasteiger partial charge in [-0.1, -0.05) is 0 Å². The van der Waals surface area contributed by atoms with E-state index in [0.29, 0.717) is 13.1 Å². The van der Waals surface area contributed by atoms with Gasteiger partial charge >= 0.3 is 0 Å². The Hall–Kier alpha value is -2.15. The van der Waals surface area contributed by atoms with E-state index >= 15 is 0 Å². The molecule has 1 amide bonds. The molecular formula is C14H18N4O3. The molecule has 1 saturated heterocycles. The number of carbonyl (C=O) groups excluding carboxylic acids is 1. The maximum absolute atomic E-state index is 12.2. The van der Waals surface area contributed by atoms with Gasteiger partial charge in [0.1, 0.15) is 0 Å². The molecule has 0 aromatic heterocycles. The average molecular weight is 290 g/mol. The summed E-state index contributed by atoms with van der Waals surface area (Å²) in [5.74, 6) is 0.0610. The molecule has 1 aliphatic carbocycles. The number of nitro groups is 1. The van der Waals surface area contributed by atoms with Gasteiger partial charge < -0.3 is 15.5 Å². The molecule has 2 fully saturated rings. The number of hydrogen-bond donors (Lipinski definition) is 1. The van der Waals surface area contributed by atoms with Crippen molar-refractivity contribution in [2.45, 2.75) is 18.4 Å². The Morgan fingerprint density at radius 2 is 1.71 bits per heavy atom. The van der Waals surface area contributed by atoms with Crippen molar-refractivity contribution < 1.29 is 9.72 Å². The van der Waals surface area contributed by atoms with Crippen LogP contribution in [0.4, 0.5) is 11.4 Å². The monoisotopic (exact) mass is 290 g/mol. The fourth-order valence-electron chi connectivity index (χ4n) is 2.62. The van der Waals surface area contributed by atoms with Crippen molar-refractivity contribution in [2.75, 3.05) is 31.1 Å². The predicted molar refractivity (Wildman–Crippen MR) is 78.0 cm³/mol. The molecule has 1 aliphatic heterocycles. The van der Waals surface area contributed by atoms with Crippen molar-refractivity contribution in [3.05, 3.63) is 34.4 Å². The Labute approximate surface area is 122 Å². The van der Waals surface area contributed by atoms with Crippen molar-refractivity contribution in [3.8, 4) is 0 Å². The lowest BCUT2D eigenvalue weighted by Crippen LogP contribution is -2.54. The molecule has 0 radical (unpaired) electrons. The first-order valence-electron chi connectivity index (χ1n) is 7.07. The van der Waals surface area contributed by atoms with Crippen LogP contribution in [-0.4, -0.2) is 47.4 Å². The number of rotatable bonds is 3. The number of piperazine rings is 1. The lowest BCUT2D eigenvalue weighted by atomic mass is 10.2. The molecule has 3 rings (SSSR count). The summed E-state index contributed by atoms with van der Waals surface area (Å²) in [5, 5.41) is 10.6. The van der Waals surface area contributed by atoms with E-state index < -0.39 is 10.5 Å². The highest BCUT2D eigenvalue weighted by Crippen LogP contribution is 2.34. The maximum atomic E-state index is 12.2. The van der Waals surface area contributed by atoms with Gasteiger partial charge in [0, 0.05) is 44.0 Å². The van der Waals surface area contributed by atoms with Crippen molar-refractivity contribution in [2.24, 2.45) is 5.73 Å². The van der Waals surface area contributed by atoms with Gasteiger partial charge in [0.25, 0.3) is 5.69 Å². The molecule has 1 saturated carbocycles. The van der Waals surface area contributed by atoms with E-state index in [9.17, 15) is 14.9 Å². The predicted octanol–water partition coefficient (Wildman–Crippen LogP) is 0.735. The van der Waals surface area contributed by atoms with Crippen LogP contribution in [0.1, 0.15) is 12.8 Å². The molecule has 7 nitrogen and oxygen atoms in total. The van der Waals surface area contributed by atoms with Crippen LogP contribution < -0.4 is 10.6 Å². The Kier molecular flexibility index (Phi) is 3.29. The summed E-state index contributed by atoms with van der Waals surface area (Å²) in [6.07, 6.45) is 1.57. The number of non-ortho nitro benzene ring substituents is 1. The average Bonchev–Trinajstić information content (AvgIpc) is 3.26. The van der Waals surface area contributed by atoms with E-state index in [-0.39, 0.29) is 11.6 Å². The topological polar surface area (TPSA) is 92.7 Å². The Balaban J connectivity index is 1.60. The molecule has 1 heterocycles. The molecule has 1 aromatic rings. The molecule has 21 heavy (non-hydrogen) atoms. The van der Waals surface area contributed by atoms with Crippen LogP contribution in [0.3, 0.4) is 0 Å². The van der Waals surface area contributed by atoms with E-state index in [0.717, 1.165) is 31.6 Å². The number of hydrogen-bond acceptors (Lipinski definition) is 5. The van der Waals surface area contributed by atoms with Crippen LogP contribution in [0.2, 0.25) is 0 Å². The van der Waals surface area contributed by atoms with Crippen LogP contribution in [0.25, 0.3) is 0 Å². The largest absolute Gasteiger partial charge is 0.368 e. The zero-order chi connectivity index (χ0) is 15.0. The van der Waals surface area contributed by atoms with Gasteiger partial charge in [-0.25, -0.2) is 0 Å². The second-order valence-electron chi connectivity index (χ2n) is 5.71. The van der Waals surface area contributed by atoms with Crippen molar-refractivity contribution in [3.63, 3.8) is 0 Å². The van der Waals surface area contributed by atoms with Crippen LogP contribution in [0.15, 0.2) is 24.3 Å². The molecule has 2 aliphatic rings. The van der Waals surface area contributed by atoms with Crippen molar-refractivity contribution >= 4 is 17.3 Å². The highest BCUT2D eigenvalue weighted by atomic mass is 16.6. The van der Waals surface area contributed by atoms with Gasteiger partial charge in [-0.2, -0.15) is 0 Å². The first-order valence-corrected chi connectivity index (χ1v) is 7.07. The normalized spacial score (nSPS) is 20.2. The second-order valence-corrected chi connectivity index (χ2v) is 5.71. The van der Waals surface area contributed by atoms with E-state index in [1.54, 1.807) is 12.1 Å². The Morgan fingerprint density at radius 3 is 2.19 bits per heavy atom. The van der Waals surface area contributed by atoms with E-state index in [1.807, 2.05) is 4.90 Å².